The van der Waals surface area contributed by atoms with E-state index in [0.29, 0.717) is 10.9 Å². The fourth-order valence-electron chi connectivity index (χ4n) is 2.66. The number of carbonyl (C=O) groups is 1. The quantitative estimate of drug-likeness (QED) is 0.761. The summed E-state index contributed by atoms with van der Waals surface area (Å²) in [6.07, 6.45) is 1.93. The van der Waals surface area contributed by atoms with Gasteiger partial charge in [-0.1, -0.05) is 12.1 Å². The number of hydrogen-bond donors (Lipinski definition) is 0. The first kappa shape index (κ1) is 11.5. The molecule has 2 fully saturated rings. The molecule has 1 amide bonds. The van der Waals surface area contributed by atoms with Crippen molar-refractivity contribution >= 4 is 28.9 Å². The molecule has 4 nitrogen and oxygen atoms in total. The number of rotatable bonds is 2. The molecule has 0 spiro atoms. The molecule has 0 bridgehead atoms. The molecule has 18 heavy (non-hydrogen) atoms. The van der Waals surface area contributed by atoms with Crippen LogP contribution in [0.5, 0.6) is 5.75 Å². The topological polar surface area (TPSA) is 32.8 Å². The van der Waals surface area contributed by atoms with Gasteiger partial charge in [-0.2, -0.15) is 0 Å². The van der Waals surface area contributed by atoms with Gasteiger partial charge in [0.1, 0.15) is 11.8 Å². The Morgan fingerprint density at radius 1 is 1.39 bits per heavy atom. The smallest absolute Gasteiger partial charge is 0.256 e. The lowest BCUT2D eigenvalue weighted by atomic mass is 10.2. The molecule has 1 atom stereocenters. The van der Waals surface area contributed by atoms with Crippen LogP contribution >= 0.6 is 12.2 Å². The zero-order chi connectivity index (χ0) is 12.7. The number of thiocarbonyl (C=S) groups is 1. The maximum atomic E-state index is 12.4. The number of amides is 1. The van der Waals surface area contributed by atoms with Crippen LogP contribution < -0.4 is 9.64 Å². The lowest BCUT2D eigenvalue weighted by Crippen LogP contribution is -2.33. The van der Waals surface area contributed by atoms with E-state index in [1.165, 1.54) is 0 Å². The van der Waals surface area contributed by atoms with Crippen LogP contribution in [0.1, 0.15) is 12.8 Å². The van der Waals surface area contributed by atoms with Crippen molar-refractivity contribution in [2.45, 2.75) is 18.9 Å². The third-order valence-corrected chi connectivity index (χ3v) is 3.94. The van der Waals surface area contributed by atoms with Crippen molar-refractivity contribution in [3.8, 4) is 5.75 Å². The van der Waals surface area contributed by atoms with Gasteiger partial charge in [0.25, 0.3) is 5.91 Å². The summed E-state index contributed by atoms with van der Waals surface area (Å²) in [5.41, 5.74) is 0.740. The van der Waals surface area contributed by atoms with E-state index in [0.717, 1.165) is 25.1 Å². The Morgan fingerprint density at radius 2 is 2.17 bits per heavy atom. The maximum absolute atomic E-state index is 12.4. The monoisotopic (exact) mass is 262 g/mol. The van der Waals surface area contributed by atoms with Gasteiger partial charge < -0.3 is 9.64 Å². The Kier molecular flexibility index (Phi) is 2.70. The number of carbonyl (C=O) groups excluding carboxylic acids is 1. The summed E-state index contributed by atoms with van der Waals surface area (Å²) in [6.45, 7) is 0.876. The van der Waals surface area contributed by atoms with Gasteiger partial charge in [-0.25, -0.2) is 0 Å². The number of ether oxygens (including phenoxy) is 1. The van der Waals surface area contributed by atoms with E-state index in [9.17, 15) is 4.79 Å². The van der Waals surface area contributed by atoms with Crippen LogP contribution in [0.25, 0.3) is 0 Å². The van der Waals surface area contributed by atoms with Crippen LogP contribution in [0.3, 0.4) is 0 Å². The fourth-order valence-corrected chi connectivity index (χ4v) is 3.07. The molecule has 2 saturated heterocycles. The molecule has 0 aromatic heterocycles. The number of nitrogens with zero attached hydrogens (tertiary/aromatic N) is 2. The molecule has 1 aromatic carbocycles. The van der Waals surface area contributed by atoms with Crippen LogP contribution in [0.15, 0.2) is 24.3 Å². The molecule has 2 heterocycles. The van der Waals surface area contributed by atoms with Crippen LogP contribution in [0, 0.1) is 0 Å². The summed E-state index contributed by atoms with van der Waals surface area (Å²) in [4.78, 5) is 16.0. The first-order valence-electron chi connectivity index (χ1n) is 6.01. The van der Waals surface area contributed by atoms with Gasteiger partial charge in [-0.3, -0.25) is 9.69 Å². The average Bonchev–Trinajstić information content (AvgIpc) is 2.95. The van der Waals surface area contributed by atoms with E-state index >= 15 is 0 Å². The highest BCUT2D eigenvalue weighted by Gasteiger charge is 2.46. The number of anilines is 1. The number of para-hydroxylation sites is 2. The Balaban J connectivity index is 2.02. The summed E-state index contributed by atoms with van der Waals surface area (Å²) in [5.74, 6) is 0.747. The summed E-state index contributed by atoms with van der Waals surface area (Å²) < 4.78 is 5.30. The first-order chi connectivity index (χ1) is 8.74. The number of methoxy groups -OCH3 is 1. The molecule has 2 aliphatic rings. The van der Waals surface area contributed by atoms with Crippen LogP contribution in [0.2, 0.25) is 0 Å². The van der Waals surface area contributed by atoms with E-state index < -0.39 is 0 Å². The predicted octanol–water partition coefficient (Wildman–Crippen LogP) is 1.79. The normalized spacial score (nSPS) is 22.6. The van der Waals surface area contributed by atoms with Crippen LogP contribution in [0.4, 0.5) is 5.69 Å². The second-order valence-corrected chi connectivity index (χ2v) is 4.84. The van der Waals surface area contributed by atoms with E-state index in [1.807, 2.05) is 29.2 Å². The molecule has 0 N–H and O–H groups in total. The van der Waals surface area contributed by atoms with Gasteiger partial charge in [0, 0.05) is 6.54 Å². The van der Waals surface area contributed by atoms with E-state index in [4.69, 9.17) is 17.0 Å². The van der Waals surface area contributed by atoms with Crippen molar-refractivity contribution in [3.05, 3.63) is 24.3 Å². The minimum Gasteiger partial charge on any atom is -0.495 e. The van der Waals surface area contributed by atoms with Crippen molar-refractivity contribution in [1.29, 1.82) is 0 Å². The number of fused-ring (bicyclic) bond motifs is 1. The summed E-state index contributed by atoms with van der Waals surface area (Å²) in [7, 11) is 1.60. The highest BCUT2D eigenvalue weighted by Crippen LogP contribution is 2.36. The van der Waals surface area contributed by atoms with Gasteiger partial charge >= 0.3 is 0 Å². The molecule has 0 saturated carbocycles. The third-order valence-electron chi connectivity index (χ3n) is 3.52. The highest BCUT2D eigenvalue weighted by molar-refractivity contribution is 7.80. The molecule has 5 heteroatoms. The van der Waals surface area contributed by atoms with Crippen molar-refractivity contribution < 1.29 is 9.53 Å². The number of hydrogen-bond acceptors (Lipinski definition) is 3. The van der Waals surface area contributed by atoms with E-state index in [2.05, 4.69) is 0 Å². The predicted molar refractivity (Wildman–Crippen MR) is 72.8 cm³/mol. The molecular formula is C13H14N2O2S. The Bertz CT molecular complexity index is 495. The standard InChI is InChI=1S/C13H14N2O2S/c1-17-11-7-3-2-5-9(11)15-12(16)10-6-4-8-14(10)13(15)18/h2-3,5,7,10H,4,6,8H2,1H3/t10-/m1/s1. The summed E-state index contributed by atoms with van der Waals surface area (Å²) >= 11 is 5.42. The maximum Gasteiger partial charge on any atom is 0.256 e. The van der Waals surface area contributed by atoms with Gasteiger partial charge in [0.15, 0.2) is 5.11 Å². The van der Waals surface area contributed by atoms with Gasteiger partial charge in [-0.15, -0.1) is 0 Å². The first-order valence-corrected chi connectivity index (χ1v) is 6.42. The van der Waals surface area contributed by atoms with Crippen molar-refractivity contribution in [3.63, 3.8) is 0 Å². The van der Waals surface area contributed by atoms with E-state index in [1.54, 1.807) is 12.0 Å². The lowest BCUT2D eigenvalue weighted by molar-refractivity contribution is -0.119. The lowest BCUT2D eigenvalue weighted by Gasteiger charge is -2.20. The molecule has 3 rings (SSSR count). The zero-order valence-electron chi connectivity index (χ0n) is 10.1. The minimum absolute atomic E-state index is 0.0672. The van der Waals surface area contributed by atoms with E-state index in [-0.39, 0.29) is 11.9 Å². The second-order valence-electron chi connectivity index (χ2n) is 4.48. The SMILES string of the molecule is COc1ccccc1N1C(=O)[C@H]2CCCN2C1=S. The number of benzene rings is 1. The highest BCUT2D eigenvalue weighted by atomic mass is 32.1. The largest absolute Gasteiger partial charge is 0.495 e. The molecule has 1 aromatic rings. The molecule has 0 radical (unpaired) electrons. The van der Waals surface area contributed by atoms with Crippen molar-refractivity contribution in [2.24, 2.45) is 0 Å². The zero-order valence-corrected chi connectivity index (χ0v) is 10.9. The van der Waals surface area contributed by atoms with Crippen molar-refractivity contribution in [1.82, 2.24) is 4.90 Å². The fraction of sp³-hybridized carbons (Fsp3) is 0.385. The molecular weight excluding hydrogens is 248 g/mol. The minimum atomic E-state index is -0.0672. The Labute approximate surface area is 111 Å². The Morgan fingerprint density at radius 3 is 2.89 bits per heavy atom. The molecule has 0 unspecified atom stereocenters. The summed E-state index contributed by atoms with van der Waals surface area (Å²) in [6, 6.07) is 7.41. The molecule has 94 valence electrons. The van der Waals surface area contributed by atoms with Gasteiger partial charge in [0.05, 0.1) is 12.8 Å². The average molecular weight is 262 g/mol. The van der Waals surface area contributed by atoms with Gasteiger partial charge in [0.2, 0.25) is 0 Å². The summed E-state index contributed by atoms with van der Waals surface area (Å²) in [5, 5.41) is 0.604. The molecule has 2 aliphatic heterocycles. The van der Waals surface area contributed by atoms with Crippen LogP contribution in [-0.4, -0.2) is 35.6 Å². The van der Waals surface area contributed by atoms with Crippen molar-refractivity contribution in [2.75, 3.05) is 18.6 Å². The van der Waals surface area contributed by atoms with Gasteiger partial charge in [-0.05, 0) is 37.2 Å². The van der Waals surface area contributed by atoms with Crippen LogP contribution in [-0.2, 0) is 4.79 Å². The Hall–Kier alpha value is -1.62. The molecule has 0 aliphatic carbocycles. The third kappa shape index (κ3) is 1.50. The second kappa shape index (κ2) is 4.24.